The molecule has 2 rings (SSSR count). The largest absolute Gasteiger partial charge is 0.299 e. The Kier molecular flexibility index (Phi) is 2.92. The molecule has 0 amide bonds. The summed E-state index contributed by atoms with van der Waals surface area (Å²) < 4.78 is 0.974. The van der Waals surface area contributed by atoms with Crippen molar-refractivity contribution in [2.45, 2.75) is 13.8 Å². The maximum Gasteiger partial charge on any atom is 0.181 e. The summed E-state index contributed by atoms with van der Waals surface area (Å²) in [6.45, 7) is 3.16. The second-order valence-electron chi connectivity index (χ2n) is 3.82. The summed E-state index contributed by atoms with van der Waals surface area (Å²) in [7, 11) is 0. The molecule has 0 radical (unpaired) electrons. The predicted molar refractivity (Wildman–Crippen MR) is 70.4 cm³/mol. The molecule has 0 aliphatic carbocycles. The first kappa shape index (κ1) is 11.4. The van der Waals surface area contributed by atoms with Gasteiger partial charge in [-0.3, -0.25) is 14.6 Å². The first-order valence-corrected chi connectivity index (χ1v) is 5.98. The van der Waals surface area contributed by atoms with E-state index in [4.69, 9.17) is 0 Å². The van der Waals surface area contributed by atoms with Crippen LogP contribution in [0, 0.1) is 9.49 Å². The Hall–Kier alpha value is -1.04. The van der Waals surface area contributed by atoms with E-state index in [0.29, 0.717) is 17.0 Å². The Bertz CT molecular complexity index is 520. The molecule has 16 heavy (non-hydrogen) atoms. The van der Waals surface area contributed by atoms with Crippen LogP contribution in [0.25, 0.3) is 0 Å². The molecule has 1 atom stereocenters. The third-order valence-electron chi connectivity index (χ3n) is 2.61. The molecule has 1 aliphatic rings. The summed E-state index contributed by atoms with van der Waals surface area (Å²) in [5.41, 5.74) is 1.81. The zero-order valence-electron chi connectivity index (χ0n) is 8.95. The van der Waals surface area contributed by atoms with Gasteiger partial charge in [0, 0.05) is 14.8 Å². The highest BCUT2D eigenvalue weighted by atomic mass is 127. The first-order valence-electron chi connectivity index (χ1n) is 4.90. The molecule has 1 aromatic carbocycles. The van der Waals surface area contributed by atoms with Gasteiger partial charge in [0.05, 0.1) is 5.69 Å². The zero-order valence-corrected chi connectivity index (χ0v) is 11.1. The van der Waals surface area contributed by atoms with E-state index >= 15 is 0 Å². The Balaban J connectivity index is 2.61. The molecule has 0 aromatic heterocycles. The number of nitrogens with zero attached hydrogens (tertiary/aromatic N) is 1. The number of hydrogen-bond donors (Lipinski definition) is 0. The summed E-state index contributed by atoms with van der Waals surface area (Å²) in [4.78, 5) is 27.8. The number of Topliss-reactive ketones (excluding diaryl/α,β-unsaturated/α-hetero) is 2. The van der Waals surface area contributed by atoms with Crippen LogP contribution < -0.4 is 0 Å². The molecule has 1 heterocycles. The molecule has 82 valence electrons. The molecule has 4 heteroatoms. The summed E-state index contributed by atoms with van der Waals surface area (Å²) in [6, 6.07) is 5.50. The third kappa shape index (κ3) is 1.81. The summed E-state index contributed by atoms with van der Waals surface area (Å²) in [6.07, 6.45) is 0. The third-order valence-corrected chi connectivity index (χ3v) is 3.28. The molecule has 3 nitrogen and oxygen atoms in total. The molecule has 0 fully saturated rings. The minimum Gasteiger partial charge on any atom is -0.299 e. The fraction of sp³-hybridized carbons (Fsp3) is 0.250. The van der Waals surface area contributed by atoms with E-state index in [1.54, 1.807) is 13.0 Å². The van der Waals surface area contributed by atoms with Crippen molar-refractivity contribution < 1.29 is 9.59 Å². The lowest BCUT2D eigenvalue weighted by Crippen LogP contribution is -2.31. The number of ketones is 2. The van der Waals surface area contributed by atoms with Gasteiger partial charge in [0.1, 0.15) is 11.7 Å². The molecule has 0 N–H and O–H groups in total. The summed E-state index contributed by atoms with van der Waals surface area (Å²) in [5, 5.41) is 0. The van der Waals surface area contributed by atoms with Crippen molar-refractivity contribution in [2.75, 3.05) is 0 Å². The average molecular weight is 327 g/mol. The van der Waals surface area contributed by atoms with Crippen LogP contribution in [0.5, 0.6) is 0 Å². The lowest BCUT2D eigenvalue weighted by molar-refractivity contribution is -0.117. The smallest absolute Gasteiger partial charge is 0.181 e. The van der Waals surface area contributed by atoms with Crippen molar-refractivity contribution in [3.05, 3.63) is 27.3 Å². The van der Waals surface area contributed by atoms with Crippen LogP contribution in [-0.4, -0.2) is 17.3 Å². The normalized spacial score (nSPS) is 19.1. The monoisotopic (exact) mass is 327 g/mol. The van der Waals surface area contributed by atoms with Crippen molar-refractivity contribution in [1.82, 2.24) is 0 Å². The molecule has 0 saturated carbocycles. The highest BCUT2D eigenvalue weighted by Crippen LogP contribution is 2.30. The van der Waals surface area contributed by atoms with Gasteiger partial charge in [0.25, 0.3) is 0 Å². The van der Waals surface area contributed by atoms with E-state index in [-0.39, 0.29) is 11.6 Å². The lowest BCUT2D eigenvalue weighted by atomic mass is 9.87. The van der Waals surface area contributed by atoms with E-state index < -0.39 is 5.92 Å². The van der Waals surface area contributed by atoms with Gasteiger partial charge in [-0.1, -0.05) is 0 Å². The van der Waals surface area contributed by atoms with Gasteiger partial charge in [-0.25, -0.2) is 0 Å². The second-order valence-corrected chi connectivity index (χ2v) is 5.07. The number of rotatable bonds is 1. The van der Waals surface area contributed by atoms with Crippen molar-refractivity contribution in [2.24, 2.45) is 10.9 Å². The number of halogens is 1. The quantitative estimate of drug-likeness (QED) is 0.588. The van der Waals surface area contributed by atoms with E-state index in [1.807, 2.05) is 12.1 Å². The van der Waals surface area contributed by atoms with Gasteiger partial charge in [0.2, 0.25) is 0 Å². The molecule has 1 aliphatic heterocycles. The van der Waals surface area contributed by atoms with Gasteiger partial charge >= 0.3 is 0 Å². The van der Waals surface area contributed by atoms with E-state index in [9.17, 15) is 9.59 Å². The second kappa shape index (κ2) is 4.08. The highest BCUT2D eigenvalue weighted by molar-refractivity contribution is 14.1. The molecule has 0 bridgehead atoms. The number of aliphatic imine (C=N–C) groups is 1. The molecule has 0 saturated heterocycles. The maximum atomic E-state index is 12.1. The number of fused-ring (bicyclic) bond motifs is 1. The number of hydrogen-bond acceptors (Lipinski definition) is 3. The lowest BCUT2D eigenvalue weighted by Gasteiger charge is -2.19. The number of carbonyl (C=O) groups excluding carboxylic acids is 2. The van der Waals surface area contributed by atoms with E-state index in [2.05, 4.69) is 27.6 Å². The topological polar surface area (TPSA) is 46.5 Å². The van der Waals surface area contributed by atoms with Gasteiger partial charge in [0.15, 0.2) is 5.78 Å². The van der Waals surface area contributed by atoms with Crippen LogP contribution in [0.15, 0.2) is 23.2 Å². The van der Waals surface area contributed by atoms with Crippen molar-refractivity contribution in [3.8, 4) is 0 Å². The molecule has 1 unspecified atom stereocenters. The van der Waals surface area contributed by atoms with Gasteiger partial charge < -0.3 is 0 Å². The Labute approximate surface area is 107 Å². The minimum absolute atomic E-state index is 0.131. The number of benzene rings is 1. The molecular weight excluding hydrogens is 317 g/mol. The predicted octanol–water partition coefficient (Wildman–Crippen LogP) is 2.79. The fourth-order valence-corrected chi connectivity index (χ4v) is 2.37. The molecule has 0 spiro atoms. The van der Waals surface area contributed by atoms with Gasteiger partial charge in [-0.05, 0) is 54.6 Å². The average Bonchev–Trinajstić information content (AvgIpc) is 2.19. The van der Waals surface area contributed by atoms with Crippen molar-refractivity contribution >= 4 is 45.6 Å². The van der Waals surface area contributed by atoms with Crippen molar-refractivity contribution in [1.29, 1.82) is 0 Å². The highest BCUT2D eigenvalue weighted by Gasteiger charge is 2.32. The van der Waals surface area contributed by atoms with Crippen molar-refractivity contribution in [3.63, 3.8) is 0 Å². The van der Waals surface area contributed by atoms with Crippen LogP contribution >= 0.6 is 22.6 Å². The fourth-order valence-electron chi connectivity index (χ4n) is 1.88. The standard InChI is InChI=1S/C12H10INO2/c1-6-11(7(2)15)12(16)9-5-8(13)3-4-10(9)14-6/h3-5,11H,1-2H3. The van der Waals surface area contributed by atoms with Crippen LogP contribution in [0.2, 0.25) is 0 Å². The summed E-state index contributed by atoms with van der Waals surface area (Å²) >= 11 is 2.14. The van der Waals surface area contributed by atoms with Crippen LogP contribution in [0.3, 0.4) is 0 Å². The zero-order chi connectivity index (χ0) is 11.9. The summed E-state index contributed by atoms with van der Waals surface area (Å²) in [5.74, 6) is -0.963. The Morgan fingerprint density at radius 2 is 2.12 bits per heavy atom. The van der Waals surface area contributed by atoms with E-state index in [1.165, 1.54) is 6.92 Å². The van der Waals surface area contributed by atoms with Gasteiger partial charge in [-0.2, -0.15) is 0 Å². The minimum atomic E-state index is -0.689. The Morgan fingerprint density at radius 1 is 1.44 bits per heavy atom. The maximum absolute atomic E-state index is 12.1. The number of carbonyl (C=O) groups is 2. The van der Waals surface area contributed by atoms with Crippen LogP contribution in [0.1, 0.15) is 24.2 Å². The van der Waals surface area contributed by atoms with Crippen LogP contribution in [-0.2, 0) is 4.79 Å². The first-order chi connectivity index (χ1) is 7.50. The SMILES string of the molecule is CC(=O)C1C(=O)c2cc(I)ccc2N=C1C. The molecule has 1 aromatic rings. The van der Waals surface area contributed by atoms with Gasteiger partial charge in [-0.15, -0.1) is 0 Å². The Morgan fingerprint density at radius 3 is 2.75 bits per heavy atom. The van der Waals surface area contributed by atoms with E-state index in [0.717, 1.165) is 3.57 Å². The molecular formula is C12H10INO2. The van der Waals surface area contributed by atoms with Crippen LogP contribution in [0.4, 0.5) is 5.69 Å².